The average Bonchev–Trinajstić information content (AvgIpc) is 3.38. The lowest BCUT2D eigenvalue weighted by molar-refractivity contribution is -0.143. The van der Waals surface area contributed by atoms with Crippen molar-refractivity contribution < 1.29 is 24.5 Å². The maximum Gasteiger partial charge on any atom is 0.305 e. The highest BCUT2D eigenvalue weighted by Gasteiger charge is 2.18. The third kappa shape index (κ3) is 57.6. The number of aliphatic hydroxyl groups is 2. The lowest BCUT2D eigenvalue weighted by Gasteiger charge is -2.20. The highest BCUT2D eigenvalue weighted by Crippen LogP contribution is 2.18. The van der Waals surface area contributed by atoms with Crippen LogP contribution in [-0.2, 0) is 14.3 Å². The number of hydrogen-bond donors (Lipinski definition) is 3. The number of amides is 1. The Hall–Kier alpha value is -1.66. The lowest BCUT2D eigenvalue weighted by Crippen LogP contribution is -2.45. The van der Waals surface area contributed by atoms with Gasteiger partial charge < -0.3 is 20.3 Å². The van der Waals surface area contributed by atoms with Gasteiger partial charge in [-0.3, -0.25) is 9.59 Å². The van der Waals surface area contributed by atoms with E-state index in [1.165, 1.54) is 289 Å². The molecule has 0 aliphatic heterocycles. The van der Waals surface area contributed by atoms with Crippen LogP contribution in [0.4, 0.5) is 0 Å². The van der Waals surface area contributed by atoms with E-state index in [4.69, 9.17) is 4.74 Å². The Bertz CT molecular complexity index is 1120. The van der Waals surface area contributed by atoms with Crippen LogP contribution in [0.1, 0.15) is 361 Å². The van der Waals surface area contributed by atoms with E-state index in [1.54, 1.807) is 6.08 Å². The van der Waals surface area contributed by atoms with E-state index < -0.39 is 12.1 Å². The first-order chi connectivity index (χ1) is 35.5. The third-order valence-corrected chi connectivity index (χ3v) is 15.2. The first-order valence-electron chi connectivity index (χ1n) is 32.6. The highest BCUT2D eigenvalue weighted by atomic mass is 16.5. The number of hydrogen-bond acceptors (Lipinski definition) is 5. The van der Waals surface area contributed by atoms with Gasteiger partial charge in [0.1, 0.15) is 0 Å². The van der Waals surface area contributed by atoms with E-state index in [2.05, 4.69) is 31.3 Å². The average molecular weight is 1010 g/mol. The zero-order valence-corrected chi connectivity index (χ0v) is 48.7. The minimum absolute atomic E-state index is 0.00899. The van der Waals surface area contributed by atoms with E-state index in [1.807, 2.05) is 6.08 Å². The Balaban J connectivity index is 3.36. The van der Waals surface area contributed by atoms with Crippen molar-refractivity contribution in [1.29, 1.82) is 0 Å². The predicted octanol–water partition coefficient (Wildman–Crippen LogP) is 20.6. The van der Waals surface area contributed by atoms with Crippen molar-refractivity contribution in [3.63, 3.8) is 0 Å². The van der Waals surface area contributed by atoms with Crippen LogP contribution in [0.5, 0.6) is 0 Å². The zero-order chi connectivity index (χ0) is 52.2. The van der Waals surface area contributed by atoms with Crippen LogP contribution >= 0.6 is 0 Å². The molecule has 0 heterocycles. The van der Waals surface area contributed by atoms with Crippen LogP contribution in [0.3, 0.4) is 0 Å². The number of carbonyl (C=O) groups excluding carboxylic acids is 2. The van der Waals surface area contributed by atoms with Gasteiger partial charge in [0.25, 0.3) is 0 Å². The molecule has 2 unspecified atom stereocenters. The van der Waals surface area contributed by atoms with Crippen LogP contribution in [-0.4, -0.2) is 47.4 Å². The summed E-state index contributed by atoms with van der Waals surface area (Å²) in [6.45, 7) is 4.92. The second-order valence-electron chi connectivity index (χ2n) is 22.5. The molecule has 0 aliphatic carbocycles. The zero-order valence-electron chi connectivity index (χ0n) is 48.7. The number of unbranched alkanes of at least 4 members (excludes halogenated alkanes) is 48. The summed E-state index contributed by atoms with van der Waals surface area (Å²) in [5, 5.41) is 23.1. The minimum atomic E-state index is -0.842. The smallest absolute Gasteiger partial charge is 0.305 e. The van der Waals surface area contributed by atoms with Crippen molar-refractivity contribution in [2.24, 2.45) is 0 Å². The number of allylic oxidation sites excluding steroid dienone is 3. The van der Waals surface area contributed by atoms with Crippen LogP contribution in [0, 0.1) is 0 Å². The van der Waals surface area contributed by atoms with E-state index in [-0.39, 0.29) is 18.5 Å². The van der Waals surface area contributed by atoms with Gasteiger partial charge in [-0.2, -0.15) is 0 Å². The Morgan fingerprint density at radius 1 is 0.375 bits per heavy atom. The molecule has 426 valence electrons. The summed E-state index contributed by atoms with van der Waals surface area (Å²) >= 11 is 0. The number of nitrogens with one attached hydrogen (secondary N) is 1. The molecule has 0 saturated heterocycles. The molecular formula is C66H127NO5. The molecule has 0 aromatic heterocycles. The Morgan fingerprint density at radius 3 is 0.986 bits per heavy atom. The summed E-state index contributed by atoms with van der Waals surface area (Å²) in [4.78, 5) is 24.5. The first kappa shape index (κ1) is 70.3. The van der Waals surface area contributed by atoms with E-state index in [9.17, 15) is 19.8 Å². The molecule has 3 N–H and O–H groups in total. The molecule has 1 amide bonds. The largest absolute Gasteiger partial charge is 0.466 e. The van der Waals surface area contributed by atoms with E-state index in [0.29, 0.717) is 19.4 Å². The Labute approximate surface area is 450 Å². The third-order valence-electron chi connectivity index (χ3n) is 15.2. The molecule has 0 saturated carbocycles. The standard InChI is InChI=1S/C66H127NO5/c1-3-5-7-9-11-13-15-17-19-32-36-40-44-48-52-56-60-66(71)72-61-57-53-49-45-41-37-33-30-28-26-24-22-20-21-23-25-27-29-31-35-39-43-47-51-55-59-65(70)67-63(62-68)64(69)58-54-50-46-42-38-34-18-16-14-12-10-8-6-4-2/h19,32,54,58,63-64,68-69H,3-18,20-31,33-53,55-57,59-62H2,1-2H3,(H,67,70)/b32-19-,58-54+. The SMILES string of the molecule is CCCCCCCCC/C=C\CCCCCCCC(=O)OCCCCCCCCCCCCCCCCCCCCCCCCCCCC(=O)NC(CO)C(O)/C=C/CCCCCCCCCCCCCC. The fourth-order valence-corrected chi connectivity index (χ4v) is 10.2. The van der Waals surface area contributed by atoms with Gasteiger partial charge in [-0.1, -0.05) is 314 Å². The lowest BCUT2D eigenvalue weighted by atomic mass is 10.0. The predicted molar refractivity (Wildman–Crippen MR) is 315 cm³/mol. The number of aliphatic hydroxyl groups excluding tert-OH is 2. The molecular weight excluding hydrogens is 887 g/mol. The maximum atomic E-state index is 12.5. The van der Waals surface area contributed by atoms with Crippen molar-refractivity contribution in [3.05, 3.63) is 24.3 Å². The maximum absolute atomic E-state index is 12.5. The summed E-state index contributed by atoms with van der Waals surface area (Å²) in [7, 11) is 0. The van der Waals surface area contributed by atoms with Crippen molar-refractivity contribution in [2.45, 2.75) is 373 Å². The first-order valence-corrected chi connectivity index (χ1v) is 32.6. The summed E-state index contributed by atoms with van der Waals surface area (Å²) in [6, 6.07) is -0.626. The fourth-order valence-electron chi connectivity index (χ4n) is 10.2. The minimum Gasteiger partial charge on any atom is -0.466 e. The molecule has 6 heteroatoms. The van der Waals surface area contributed by atoms with Crippen molar-refractivity contribution >= 4 is 11.9 Å². The second kappa shape index (κ2) is 61.9. The van der Waals surface area contributed by atoms with Gasteiger partial charge in [-0.15, -0.1) is 0 Å². The van der Waals surface area contributed by atoms with Gasteiger partial charge in [0.2, 0.25) is 5.91 Å². The van der Waals surface area contributed by atoms with Crippen LogP contribution in [0.2, 0.25) is 0 Å². The summed E-state index contributed by atoms with van der Waals surface area (Å²) < 4.78 is 5.49. The summed E-state index contributed by atoms with van der Waals surface area (Å²) in [6.07, 6.45) is 76.6. The van der Waals surface area contributed by atoms with Gasteiger partial charge in [0.05, 0.1) is 25.4 Å². The number of ether oxygens (including phenoxy) is 1. The quantitative estimate of drug-likeness (QED) is 0.0320. The molecule has 0 aromatic rings. The molecule has 0 bridgehead atoms. The van der Waals surface area contributed by atoms with Crippen molar-refractivity contribution in [2.75, 3.05) is 13.2 Å². The fraction of sp³-hybridized carbons (Fsp3) is 0.909. The molecule has 0 radical (unpaired) electrons. The van der Waals surface area contributed by atoms with Crippen LogP contribution < -0.4 is 5.32 Å². The molecule has 0 aliphatic rings. The number of rotatable bonds is 61. The van der Waals surface area contributed by atoms with Gasteiger partial charge in [-0.25, -0.2) is 0 Å². The Kier molecular flexibility index (Phi) is 60.5. The van der Waals surface area contributed by atoms with Crippen molar-refractivity contribution in [1.82, 2.24) is 5.32 Å². The van der Waals surface area contributed by atoms with Crippen LogP contribution in [0.15, 0.2) is 24.3 Å². The molecule has 0 spiro atoms. The topological polar surface area (TPSA) is 95.9 Å². The number of esters is 1. The van der Waals surface area contributed by atoms with E-state index in [0.717, 1.165) is 44.9 Å². The molecule has 0 rings (SSSR count). The molecule has 2 atom stereocenters. The summed E-state index contributed by atoms with van der Waals surface area (Å²) in [5.74, 6) is -0.0557. The van der Waals surface area contributed by atoms with Crippen LogP contribution in [0.25, 0.3) is 0 Å². The summed E-state index contributed by atoms with van der Waals surface area (Å²) in [5.41, 5.74) is 0. The number of carbonyl (C=O) groups is 2. The van der Waals surface area contributed by atoms with Crippen molar-refractivity contribution in [3.8, 4) is 0 Å². The molecule has 6 nitrogen and oxygen atoms in total. The Morgan fingerprint density at radius 2 is 0.653 bits per heavy atom. The monoisotopic (exact) mass is 1010 g/mol. The molecule has 0 fully saturated rings. The van der Waals surface area contributed by atoms with E-state index >= 15 is 0 Å². The van der Waals surface area contributed by atoms with Gasteiger partial charge >= 0.3 is 5.97 Å². The van der Waals surface area contributed by atoms with Gasteiger partial charge in [0.15, 0.2) is 0 Å². The molecule has 0 aromatic carbocycles. The van der Waals surface area contributed by atoms with Gasteiger partial charge in [-0.05, 0) is 57.8 Å². The normalized spacial score (nSPS) is 12.7. The van der Waals surface area contributed by atoms with Gasteiger partial charge in [0, 0.05) is 12.8 Å². The second-order valence-corrected chi connectivity index (χ2v) is 22.5. The molecule has 72 heavy (non-hydrogen) atoms. The highest BCUT2D eigenvalue weighted by molar-refractivity contribution is 5.76.